The van der Waals surface area contributed by atoms with Crippen LogP contribution in [0, 0.1) is 11.3 Å². The second-order valence-corrected chi connectivity index (χ2v) is 4.87. The molecule has 0 radical (unpaired) electrons. The van der Waals surface area contributed by atoms with Crippen molar-refractivity contribution < 1.29 is 4.79 Å². The maximum atomic E-state index is 12.2. The summed E-state index contributed by atoms with van der Waals surface area (Å²) in [5, 5.41) is 10.1. The molecule has 0 amide bonds. The SMILES string of the molecule is N#C/C(=C/c1ccc(Cl)cc1Cl)C(=O)c1ccccc1. The van der Waals surface area contributed by atoms with Crippen LogP contribution in [0.3, 0.4) is 0 Å². The number of hydrogen-bond donors (Lipinski definition) is 0. The van der Waals surface area contributed by atoms with Crippen LogP contribution in [0.5, 0.6) is 0 Å². The molecule has 2 aromatic rings. The number of ketones is 1. The highest BCUT2D eigenvalue weighted by Crippen LogP contribution is 2.23. The van der Waals surface area contributed by atoms with E-state index in [1.807, 2.05) is 12.1 Å². The summed E-state index contributed by atoms with van der Waals surface area (Å²) in [4.78, 5) is 12.2. The van der Waals surface area contributed by atoms with E-state index < -0.39 is 0 Å². The molecule has 20 heavy (non-hydrogen) atoms. The molecular formula is C16H9Cl2NO. The number of hydrogen-bond acceptors (Lipinski definition) is 2. The monoisotopic (exact) mass is 301 g/mol. The van der Waals surface area contributed by atoms with Crippen molar-refractivity contribution in [2.75, 3.05) is 0 Å². The number of nitrogens with zero attached hydrogens (tertiary/aromatic N) is 1. The Balaban J connectivity index is 2.40. The molecule has 0 bridgehead atoms. The Morgan fingerprint density at radius 2 is 1.80 bits per heavy atom. The molecule has 0 heterocycles. The van der Waals surface area contributed by atoms with Crippen molar-refractivity contribution >= 4 is 35.1 Å². The van der Waals surface area contributed by atoms with Gasteiger partial charge in [-0.2, -0.15) is 5.26 Å². The molecule has 2 nitrogen and oxygen atoms in total. The first-order valence-electron chi connectivity index (χ1n) is 5.78. The van der Waals surface area contributed by atoms with Gasteiger partial charge in [-0.15, -0.1) is 0 Å². The molecule has 4 heteroatoms. The standard InChI is InChI=1S/C16H9Cl2NO/c17-14-7-6-12(15(18)9-14)8-13(10-19)16(20)11-4-2-1-3-5-11/h1-9H/b13-8-. The first kappa shape index (κ1) is 14.3. The molecule has 0 saturated heterocycles. The Morgan fingerprint density at radius 1 is 1.10 bits per heavy atom. The van der Waals surface area contributed by atoms with Crippen LogP contribution in [0.1, 0.15) is 15.9 Å². The van der Waals surface area contributed by atoms with Crippen LogP contribution in [-0.4, -0.2) is 5.78 Å². The lowest BCUT2D eigenvalue weighted by atomic mass is 10.0. The van der Waals surface area contributed by atoms with Crippen molar-refractivity contribution in [2.24, 2.45) is 0 Å². The fraction of sp³-hybridized carbons (Fsp3) is 0. The van der Waals surface area contributed by atoms with E-state index >= 15 is 0 Å². The molecule has 2 rings (SSSR count). The number of allylic oxidation sites excluding steroid dienone is 1. The van der Waals surface area contributed by atoms with Gasteiger partial charge in [0.25, 0.3) is 0 Å². The lowest BCUT2D eigenvalue weighted by Crippen LogP contribution is -2.01. The van der Waals surface area contributed by atoms with Crippen LogP contribution in [0.15, 0.2) is 54.1 Å². The predicted molar refractivity (Wildman–Crippen MR) is 80.8 cm³/mol. The topological polar surface area (TPSA) is 40.9 Å². The fourth-order valence-electron chi connectivity index (χ4n) is 1.67. The second-order valence-electron chi connectivity index (χ2n) is 4.03. The number of benzene rings is 2. The lowest BCUT2D eigenvalue weighted by molar-refractivity contribution is 0.104. The molecule has 0 fully saturated rings. The Hall–Kier alpha value is -2.08. The van der Waals surface area contributed by atoms with Crippen LogP contribution in [0.25, 0.3) is 6.08 Å². The van der Waals surface area contributed by atoms with Gasteiger partial charge in [-0.3, -0.25) is 4.79 Å². The highest BCUT2D eigenvalue weighted by molar-refractivity contribution is 6.35. The molecule has 0 unspecified atom stereocenters. The van der Waals surface area contributed by atoms with Crippen LogP contribution in [0.2, 0.25) is 10.0 Å². The zero-order valence-corrected chi connectivity index (χ0v) is 11.8. The lowest BCUT2D eigenvalue weighted by Gasteiger charge is -2.02. The van der Waals surface area contributed by atoms with E-state index in [1.165, 1.54) is 6.08 Å². The third-order valence-electron chi connectivity index (χ3n) is 2.66. The number of nitriles is 1. The van der Waals surface area contributed by atoms with Gasteiger partial charge in [0.2, 0.25) is 5.78 Å². The zero-order chi connectivity index (χ0) is 14.5. The first-order chi connectivity index (χ1) is 9.61. The molecule has 0 aliphatic rings. The Morgan fingerprint density at radius 3 is 2.40 bits per heavy atom. The van der Waals surface area contributed by atoms with Gasteiger partial charge in [0.15, 0.2) is 0 Å². The molecule has 0 spiro atoms. The average Bonchev–Trinajstić information content (AvgIpc) is 2.47. The van der Waals surface area contributed by atoms with E-state index in [9.17, 15) is 4.79 Å². The van der Waals surface area contributed by atoms with Crippen molar-refractivity contribution in [3.05, 3.63) is 75.3 Å². The van der Waals surface area contributed by atoms with Gasteiger partial charge < -0.3 is 0 Å². The van der Waals surface area contributed by atoms with E-state index in [0.29, 0.717) is 21.2 Å². The smallest absolute Gasteiger partial charge is 0.203 e. The highest BCUT2D eigenvalue weighted by atomic mass is 35.5. The van der Waals surface area contributed by atoms with E-state index in [-0.39, 0.29) is 11.4 Å². The average molecular weight is 302 g/mol. The van der Waals surface area contributed by atoms with Crippen molar-refractivity contribution in [3.63, 3.8) is 0 Å². The minimum Gasteiger partial charge on any atom is -0.288 e. The maximum absolute atomic E-state index is 12.2. The van der Waals surface area contributed by atoms with E-state index in [2.05, 4.69) is 0 Å². The van der Waals surface area contributed by atoms with Gasteiger partial charge >= 0.3 is 0 Å². The largest absolute Gasteiger partial charge is 0.288 e. The van der Waals surface area contributed by atoms with Crippen LogP contribution < -0.4 is 0 Å². The van der Waals surface area contributed by atoms with E-state index in [0.717, 1.165) is 0 Å². The summed E-state index contributed by atoms with van der Waals surface area (Å²) in [6.45, 7) is 0. The first-order valence-corrected chi connectivity index (χ1v) is 6.54. The Kier molecular flexibility index (Phi) is 4.57. The van der Waals surface area contributed by atoms with Gasteiger partial charge in [0.05, 0.1) is 0 Å². The van der Waals surface area contributed by atoms with Crippen LogP contribution >= 0.6 is 23.2 Å². The molecule has 0 aliphatic carbocycles. The van der Waals surface area contributed by atoms with Gasteiger partial charge in [0, 0.05) is 15.6 Å². The second kappa shape index (κ2) is 6.38. The van der Waals surface area contributed by atoms with Crippen LogP contribution in [-0.2, 0) is 0 Å². The molecule has 98 valence electrons. The summed E-state index contributed by atoms with van der Waals surface area (Å²) in [7, 11) is 0. The number of halogens is 2. The fourth-order valence-corrected chi connectivity index (χ4v) is 2.13. The molecule has 0 saturated carbocycles. The van der Waals surface area contributed by atoms with Crippen LogP contribution in [0.4, 0.5) is 0 Å². The summed E-state index contributed by atoms with van der Waals surface area (Å²) in [6.07, 6.45) is 1.47. The number of carbonyl (C=O) groups is 1. The normalized spacial score (nSPS) is 10.9. The quantitative estimate of drug-likeness (QED) is 0.465. The van der Waals surface area contributed by atoms with E-state index in [1.54, 1.807) is 42.5 Å². The Labute approximate surface area is 126 Å². The molecular weight excluding hydrogens is 293 g/mol. The number of rotatable bonds is 3. The van der Waals surface area contributed by atoms with Gasteiger partial charge in [-0.05, 0) is 23.8 Å². The van der Waals surface area contributed by atoms with Gasteiger partial charge in [-0.1, -0.05) is 59.6 Å². The summed E-state index contributed by atoms with van der Waals surface area (Å²) < 4.78 is 0. The summed E-state index contributed by atoms with van der Waals surface area (Å²) in [5.74, 6) is -0.334. The van der Waals surface area contributed by atoms with Crippen molar-refractivity contribution in [2.45, 2.75) is 0 Å². The predicted octanol–water partition coefficient (Wildman–Crippen LogP) is 4.78. The third-order valence-corrected chi connectivity index (χ3v) is 3.23. The number of carbonyl (C=O) groups excluding carboxylic acids is 1. The number of Topliss-reactive ketones (excluding diaryl/α,β-unsaturated/α-hetero) is 1. The van der Waals surface area contributed by atoms with Crippen molar-refractivity contribution in [1.29, 1.82) is 5.26 Å². The van der Waals surface area contributed by atoms with Crippen molar-refractivity contribution in [1.82, 2.24) is 0 Å². The Bertz CT molecular complexity index is 715. The van der Waals surface area contributed by atoms with Crippen molar-refractivity contribution in [3.8, 4) is 6.07 Å². The maximum Gasteiger partial charge on any atom is 0.203 e. The molecule has 0 atom stereocenters. The zero-order valence-electron chi connectivity index (χ0n) is 10.3. The minimum atomic E-state index is -0.334. The summed E-state index contributed by atoms with van der Waals surface area (Å²) in [6, 6.07) is 15.4. The van der Waals surface area contributed by atoms with E-state index in [4.69, 9.17) is 28.5 Å². The molecule has 0 N–H and O–H groups in total. The minimum absolute atomic E-state index is 0.0282. The molecule has 0 aliphatic heterocycles. The van der Waals surface area contributed by atoms with Gasteiger partial charge in [0.1, 0.15) is 11.6 Å². The highest BCUT2D eigenvalue weighted by Gasteiger charge is 2.12. The molecule has 2 aromatic carbocycles. The third kappa shape index (κ3) is 3.27. The summed E-state index contributed by atoms with van der Waals surface area (Å²) in [5.41, 5.74) is 1.07. The van der Waals surface area contributed by atoms with Gasteiger partial charge in [-0.25, -0.2) is 0 Å². The summed E-state index contributed by atoms with van der Waals surface area (Å²) >= 11 is 11.8. The molecule has 0 aromatic heterocycles.